The van der Waals surface area contributed by atoms with Crippen LogP contribution < -0.4 is 11.1 Å². The highest BCUT2D eigenvalue weighted by atomic mass is 16.1. The minimum absolute atomic E-state index is 0.00675. The number of rotatable bonds is 3. The van der Waals surface area contributed by atoms with Gasteiger partial charge in [-0.2, -0.15) is 0 Å². The van der Waals surface area contributed by atoms with Gasteiger partial charge < -0.3 is 11.1 Å². The zero-order chi connectivity index (χ0) is 10.6. The molecule has 0 saturated heterocycles. The Morgan fingerprint density at radius 3 is 2.50 bits per heavy atom. The molecule has 0 aromatic heterocycles. The number of hydrogen-bond acceptors (Lipinski definition) is 2. The molecule has 3 nitrogen and oxygen atoms in total. The fourth-order valence-corrected chi connectivity index (χ4v) is 1.24. The number of nitrogens with one attached hydrogen (secondary N) is 1. The first kappa shape index (κ1) is 10.6. The molecule has 0 aliphatic carbocycles. The van der Waals surface area contributed by atoms with Gasteiger partial charge in [0.05, 0.1) is 0 Å². The summed E-state index contributed by atoms with van der Waals surface area (Å²) in [5.41, 5.74) is 7.53. The highest BCUT2D eigenvalue weighted by Gasteiger charge is 2.04. The van der Waals surface area contributed by atoms with Crippen molar-refractivity contribution in [1.29, 1.82) is 0 Å². The molecule has 0 heterocycles. The van der Waals surface area contributed by atoms with Crippen molar-refractivity contribution in [3.63, 3.8) is 0 Å². The number of carbonyl (C=O) groups excluding carboxylic acids is 1. The normalized spacial score (nSPS) is 12.1. The van der Waals surface area contributed by atoms with Gasteiger partial charge in [0.25, 0.3) is 0 Å². The standard InChI is InChI=1S/C11H16N2O/c1-8(7-13-9(2)14)10-3-5-11(12)6-4-10/h3-6,8H,7,12H2,1-2H3,(H,13,14). The van der Waals surface area contributed by atoms with Gasteiger partial charge in [0.15, 0.2) is 0 Å². The summed E-state index contributed by atoms with van der Waals surface area (Å²) in [5, 5.41) is 2.79. The molecule has 0 radical (unpaired) electrons. The van der Waals surface area contributed by atoms with Gasteiger partial charge in [-0.15, -0.1) is 0 Å². The quantitative estimate of drug-likeness (QED) is 0.713. The van der Waals surface area contributed by atoms with Crippen molar-refractivity contribution in [3.05, 3.63) is 29.8 Å². The van der Waals surface area contributed by atoms with Gasteiger partial charge in [-0.1, -0.05) is 19.1 Å². The monoisotopic (exact) mass is 192 g/mol. The molecule has 1 atom stereocenters. The van der Waals surface area contributed by atoms with E-state index in [0.29, 0.717) is 12.5 Å². The molecular weight excluding hydrogens is 176 g/mol. The van der Waals surface area contributed by atoms with Crippen LogP contribution in [-0.4, -0.2) is 12.5 Å². The molecule has 0 fully saturated rings. The lowest BCUT2D eigenvalue weighted by atomic mass is 10.0. The van der Waals surface area contributed by atoms with Crippen molar-refractivity contribution in [1.82, 2.24) is 5.32 Å². The number of amides is 1. The molecule has 1 rings (SSSR count). The van der Waals surface area contributed by atoms with Crippen LogP contribution in [-0.2, 0) is 4.79 Å². The van der Waals surface area contributed by atoms with E-state index in [-0.39, 0.29) is 5.91 Å². The van der Waals surface area contributed by atoms with E-state index in [4.69, 9.17) is 5.73 Å². The summed E-state index contributed by atoms with van der Waals surface area (Å²) in [5.74, 6) is 0.326. The van der Waals surface area contributed by atoms with E-state index < -0.39 is 0 Å². The molecule has 76 valence electrons. The molecule has 1 amide bonds. The number of anilines is 1. The molecule has 1 aromatic rings. The molecule has 0 saturated carbocycles. The van der Waals surface area contributed by atoms with Crippen LogP contribution in [0, 0.1) is 0 Å². The first-order chi connectivity index (χ1) is 6.59. The summed E-state index contributed by atoms with van der Waals surface area (Å²) in [7, 11) is 0. The first-order valence-electron chi connectivity index (χ1n) is 4.69. The third-order valence-corrected chi connectivity index (χ3v) is 2.16. The predicted molar refractivity (Wildman–Crippen MR) is 58.0 cm³/mol. The third kappa shape index (κ3) is 3.09. The lowest BCUT2D eigenvalue weighted by Crippen LogP contribution is -2.24. The SMILES string of the molecule is CC(=O)NCC(C)c1ccc(N)cc1. The van der Waals surface area contributed by atoms with E-state index in [1.54, 1.807) is 0 Å². The van der Waals surface area contributed by atoms with Crippen LogP contribution in [0.5, 0.6) is 0 Å². The second kappa shape index (κ2) is 4.65. The Labute approximate surface area is 84.3 Å². The number of nitrogens with two attached hydrogens (primary N) is 1. The van der Waals surface area contributed by atoms with Crippen LogP contribution >= 0.6 is 0 Å². The Hall–Kier alpha value is -1.51. The summed E-state index contributed by atoms with van der Waals surface area (Å²) in [6.45, 7) is 4.26. The second-order valence-electron chi connectivity index (χ2n) is 3.50. The summed E-state index contributed by atoms with van der Waals surface area (Å²) < 4.78 is 0. The smallest absolute Gasteiger partial charge is 0.216 e. The Morgan fingerprint density at radius 1 is 1.43 bits per heavy atom. The summed E-state index contributed by atoms with van der Waals surface area (Å²) >= 11 is 0. The predicted octanol–water partition coefficient (Wildman–Crippen LogP) is 1.51. The van der Waals surface area contributed by atoms with Crippen molar-refractivity contribution < 1.29 is 4.79 Å². The molecule has 0 bridgehead atoms. The zero-order valence-electron chi connectivity index (χ0n) is 8.58. The minimum atomic E-state index is 0.00675. The molecule has 1 aromatic carbocycles. The number of nitrogen functional groups attached to an aromatic ring is 1. The highest BCUT2D eigenvalue weighted by Crippen LogP contribution is 2.15. The van der Waals surface area contributed by atoms with Crippen molar-refractivity contribution in [2.45, 2.75) is 19.8 Å². The Bertz CT molecular complexity index is 306. The van der Waals surface area contributed by atoms with Crippen molar-refractivity contribution in [3.8, 4) is 0 Å². The van der Waals surface area contributed by atoms with Crippen molar-refractivity contribution in [2.75, 3.05) is 12.3 Å². The minimum Gasteiger partial charge on any atom is -0.399 e. The van der Waals surface area contributed by atoms with Gasteiger partial charge in [-0.3, -0.25) is 4.79 Å². The van der Waals surface area contributed by atoms with Gasteiger partial charge in [-0.25, -0.2) is 0 Å². The van der Waals surface area contributed by atoms with Crippen molar-refractivity contribution in [2.24, 2.45) is 0 Å². The van der Waals surface area contributed by atoms with Gasteiger partial charge in [0.1, 0.15) is 0 Å². The Kier molecular flexibility index (Phi) is 3.51. The van der Waals surface area contributed by atoms with Crippen LogP contribution in [0.4, 0.5) is 5.69 Å². The summed E-state index contributed by atoms with van der Waals surface area (Å²) in [6.07, 6.45) is 0. The zero-order valence-corrected chi connectivity index (χ0v) is 8.58. The molecular formula is C11H16N2O. The van der Waals surface area contributed by atoms with E-state index in [1.807, 2.05) is 24.3 Å². The van der Waals surface area contributed by atoms with Crippen LogP contribution in [0.3, 0.4) is 0 Å². The largest absolute Gasteiger partial charge is 0.399 e. The van der Waals surface area contributed by atoms with Crippen LogP contribution in [0.2, 0.25) is 0 Å². The molecule has 3 N–H and O–H groups in total. The Morgan fingerprint density at radius 2 is 2.00 bits per heavy atom. The summed E-state index contributed by atoms with van der Waals surface area (Å²) in [4.78, 5) is 10.7. The van der Waals surface area contributed by atoms with Gasteiger partial charge in [0.2, 0.25) is 5.91 Å². The lowest BCUT2D eigenvalue weighted by molar-refractivity contribution is -0.119. The van der Waals surface area contributed by atoms with E-state index in [2.05, 4.69) is 12.2 Å². The van der Waals surface area contributed by atoms with E-state index in [0.717, 1.165) is 5.69 Å². The maximum atomic E-state index is 10.7. The van der Waals surface area contributed by atoms with E-state index in [1.165, 1.54) is 12.5 Å². The topological polar surface area (TPSA) is 55.1 Å². The average molecular weight is 192 g/mol. The van der Waals surface area contributed by atoms with Gasteiger partial charge in [0, 0.05) is 19.2 Å². The maximum absolute atomic E-state index is 10.7. The molecule has 14 heavy (non-hydrogen) atoms. The summed E-state index contributed by atoms with van der Waals surface area (Å²) in [6, 6.07) is 7.73. The van der Waals surface area contributed by atoms with Crippen LogP contribution in [0.25, 0.3) is 0 Å². The van der Waals surface area contributed by atoms with Gasteiger partial charge >= 0.3 is 0 Å². The van der Waals surface area contributed by atoms with E-state index in [9.17, 15) is 4.79 Å². The lowest BCUT2D eigenvalue weighted by Gasteiger charge is -2.12. The molecule has 0 aliphatic heterocycles. The van der Waals surface area contributed by atoms with Gasteiger partial charge in [-0.05, 0) is 23.6 Å². The first-order valence-corrected chi connectivity index (χ1v) is 4.69. The average Bonchev–Trinajstić information content (AvgIpc) is 2.15. The van der Waals surface area contributed by atoms with Crippen LogP contribution in [0.1, 0.15) is 25.3 Å². The number of benzene rings is 1. The maximum Gasteiger partial charge on any atom is 0.216 e. The highest BCUT2D eigenvalue weighted by molar-refractivity contribution is 5.72. The second-order valence-corrected chi connectivity index (χ2v) is 3.50. The third-order valence-electron chi connectivity index (χ3n) is 2.16. The number of hydrogen-bond donors (Lipinski definition) is 2. The number of carbonyl (C=O) groups is 1. The Balaban J connectivity index is 2.56. The fraction of sp³-hybridized carbons (Fsp3) is 0.364. The van der Waals surface area contributed by atoms with Crippen molar-refractivity contribution >= 4 is 11.6 Å². The molecule has 1 unspecified atom stereocenters. The molecule has 0 aliphatic rings. The molecule has 0 spiro atoms. The molecule has 3 heteroatoms. The van der Waals surface area contributed by atoms with E-state index >= 15 is 0 Å². The fourth-order valence-electron chi connectivity index (χ4n) is 1.24. The van der Waals surface area contributed by atoms with Crippen LogP contribution in [0.15, 0.2) is 24.3 Å².